The van der Waals surface area contributed by atoms with E-state index in [2.05, 4.69) is 5.32 Å². The summed E-state index contributed by atoms with van der Waals surface area (Å²) in [5, 5.41) is 3.34. The Hall–Kier alpha value is -4.30. The van der Waals surface area contributed by atoms with Gasteiger partial charge in [0.25, 0.3) is 5.91 Å². The van der Waals surface area contributed by atoms with Crippen LogP contribution < -0.4 is 19.5 Å². The Morgan fingerprint density at radius 2 is 1.72 bits per heavy atom. The topological polar surface area (TPSA) is 83.1 Å². The normalized spacial score (nSPS) is 11.7. The van der Waals surface area contributed by atoms with Crippen molar-refractivity contribution in [3.63, 3.8) is 0 Å². The quantitative estimate of drug-likeness (QED) is 0.303. The van der Waals surface area contributed by atoms with Crippen molar-refractivity contribution in [1.29, 1.82) is 0 Å². The molecule has 1 amide bonds. The first-order chi connectivity index (χ1) is 17.5. The van der Waals surface area contributed by atoms with E-state index in [-0.39, 0.29) is 12.7 Å². The van der Waals surface area contributed by atoms with Gasteiger partial charge in [-0.25, -0.2) is 4.79 Å². The van der Waals surface area contributed by atoms with Gasteiger partial charge in [-0.15, -0.1) is 11.3 Å². The van der Waals surface area contributed by atoms with Crippen LogP contribution in [0, 0.1) is 6.92 Å². The number of hydrogen-bond donors (Lipinski definition) is 1. The molecule has 1 aliphatic heterocycles. The number of amides is 1. The van der Waals surface area contributed by atoms with Crippen molar-refractivity contribution in [3.05, 3.63) is 99.9 Å². The molecule has 0 saturated carbocycles. The summed E-state index contributed by atoms with van der Waals surface area (Å²) >= 11 is 1.35. The minimum absolute atomic E-state index is 0.205. The van der Waals surface area contributed by atoms with Gasteiger partial charge < -0.3 is 24.3 Å². The number of rotatable bonds is 7. The molecular formula is C28H23NO6S. The van der Waals surface area contributed by atoms with Gasteiger partial charge in [0.1, 0.15) is 16.5 Å². The molecule has 0 atom stereocenters. The number of carbonyl (C=O) groups is 2. The van der Waals surface area contributed by atoms with Crippen molar-refractivity contribution >= 4 is 28.2 Å². The smallest absolute Gasteiger partial charge is 0.341 e. The van der Waals surface area contributed by atoms with Crippen LogP contribution in [0.2, 0.25) is 0 Å². The Kier molecular flexibility index (Phi) is 6.60. The molecule has 0 unspecified atom stereocenters. The van der Waals surface area contributed by atoms with Crippen molar-refractivity contribution in [3.8, 4) is 23.0 Å². The van der Waals surface area contributed by atoms with E-state index in [9.17, 15) is 9.59 Å². The minimum Gasteiger partial charge on any atom is -0.465 e. The molecule has 2 heterocycles. The maximum absolute atomic E-state index is 13.1. The second-order valence-electron chi connectivity index (χ2n) is 8.11. The van der Waals surface area contributed by atoms with Crippen LogP contribution >= 0.6 is 11.3 Å². The molecule has 0 fully saturated rings. The first-order valence-corrected chi connectivity index (χ1v) is 12.1. The Morgan fingerprint density at radius 3 is 2.53 bits per heavy atom. The van der Waals surface area contributed by atoms with E-state index in [4.69, 9.17) is 18.9 Å². The SMILES string of the molecule is COC(=O)c1c(NC(=O)c2cccc(Oc3ccccc3)c2)sc(Cc2ccc3c(c2)OCO3)c1C. The van der Waals surface area contributed by atoms with Crippen molar-refractivity contribution in [2.75, 3.05) is 19.2 Å². The molecule has 36 heavy (non-hydrogen) atoms. The molecule has 1 N–H and O–H groups in total. The molecule has 0 aliphatic carbocycles. The molecule has 1 aromatic heterocycles. The zero-order valence-corrected chi connectivity index (χ0v) is 20.5. The van der Waals surface area contributed by atoms with Gasteiger partial charge in [-0.05, 0) is 60.5 Å². The number of benzene rings is 3. The van der Waals surface area contributed by atoms with E-state index in [1.807, 2.05) is 55.5 Å². The number of para-hydroxylation sites is 1. The van der Waals surface area contributed by atoms with Gasteiger partial charge in [0.2, 0.25) is 6.79 Å². The lowest BCUT2D eigenvalue weighted by Gasteiger charge is -2.09. The zero-order chi connectivity index (χ0) is 25.1. The van der Waals surface area contributed by atoms with Crippen LogP contribution in [0.1, 0.15) is 36.7 Å². The molecule has 182 valence electrons. The van der Waals surface area contributed by atoms with Gasteiger partial charge in [-0.1, -0.05) is 30.3 Å². The van der Waals surface area contributed by atoms with Gasteiger partial charge in [-0.3, -0.25) is 4.79 Å². The third kappa shape index (κ3) is 4.89. The molecule has 7 nitrogen and oxygen atoms in total. The van der Waals surface area contributed by atoms with E-state index in [1.54, 1.807) is 24.3 Å². The third-order valence-electron chi connectivity index (χ3n) is 5.74. The van der Waals surface area contributed by atoms with Crippen molar-refractivity contribution in [2.24, 2.45) is 0 Å². The molecule has 0 radical (unpaired) electrons. The molecule has 0 saturated heterocycles. The number of esters is 1. The highest BCUT2D eigenvalue weighted by Crippen LogP contribution is 2.38. The average molecular weight is 502 g/mol. The standard InChI is InChI=1S/C28H23NO6S/c1-17-24(14-18-11-12-22-23(13-18)34-16-33-22)36-27(25(17)28(31)32-2)29-26(30)19-7-6-10-21(15-19)35-20-8-4-3-5-9-20/h3-13,15H,14,16H2,1-2H3,(H,29,30). The highest BCUT2D eigenvalue weighted by atomic mass is 32.1. The number of anilines is 1. The van der Waals surface area contributed by atoms with Crippen molar-refractivity contribution in [1.82, 2.24) is 0 Å². The van der Waals surface area contributed by atoms with Gasteiger partial charge in [0.15, 0.2) is 11.5 Å². The Balaban J connectivity index is 1.39. The maximum atomic E-state index is 13.1. The second kappa shape index (κ2) is 10.1. The number of hydrogen-bond acceptors (Lipinski definition) is 7. The number of nitrogens with one attached hydrogen (secondary N) is 1. The number of ether oxygens (including phenoxy) is 4. The van der Waals surface area contributed by atoms with Crippen LogP contribution in [0.4, 0.5) is 5.00 Å². The highest BCUT2D eigenvalue weighted by molar-refractivity contribution is 7.17. The molecule has 0 spiro atoms. The van der Waals surface area contributed by atoms with Crippen molar-refractivity contribution in [2.45, 2.75) is 13.3 Å². The van der Waals surface area contributed by atoms with Crippen LogP contribution in [0.5, 0.6) is 23.0 Å². The maximum Gasteiger partial charge on any atom is 0.341 e. The number of methoxy groups -OCH3 is 1. The Labute approximate surface area is 212 Å². The van der Waals surface area contributed by atoms with Crippen LogP contribution in [-0.4, -0.2) is 25.8 Å². The molecule has 0 bridgehead atoms. The lowest BCUT2D eigenvalue weighted by atomic mass is 10.1. The van der Waals surface area contributed by atoms with Crippen LogP contribution in [0.15, 0.2) is 72.8 Å². The minimum atomic E-state index is -0.503. The third-order valence-corrected chi connectivity index (χ3v) is 6.95. The first kappa shape index (κ1) is 23.4. The molecule has 1 aliphatic rings. The Bertz CT molecular complexity index is 1430. The molecule has 4 aromatic rings. The monoisotopic (exact) mass is 501 g/mol. The fourth-order valence-corrected chi connectivity index (χ4v) is 5.12. The lowest BCUT2D eigenvalue weighted by Crippen LogP contribution is -2.14. The summed E-state index contributed by atoms with van der Waals surface area (Å²) in [6.07, 6.45) is 0.563. The predicted octanol–water partition coefficient (Wildman–Crippen LogP) is 6.21. The fraction of sp³-hybridized carbons (Fsp3) is 0.143. The number of thiophene rings is 1. The summed E-state index contributed by atoms with van der Waals surface area (Å²) in [4.78, 5) is 26.7. The summed E-state index contributed by atoms with van der Waals surface area (Å²) in [7, 11) is 1.33. The van der Waals surface area contributed by atoms with E-state index < -0.39 is 5.97 Å². The number of carbonyl (C=O) groups excluding carboxylic acids is 2. The zero-order valence-electron chi connectivity index (χ0n) is 19.7. The summed E-state index contributed by atoms with van der Waals surface area (Å²) in [5.41, 5.74) is 2.52. The molecular weight excluding hydrogens is 478 g/mol. The summed E-state index contributed by atoms with van der Waals surface area (Å²) < 4.78 is 21.7. The fourth-order valence-electron chi connectivity index (χ4n) is 3.90. The summed E-state index contributed by atoms with van der Waals surface area (Å²) in [5.74, 6) is 1.76. The van der Waals surface area contributed by atoms with Crippen molar-refractivity contribution < 1.29 is 28.5 Å². The number of fused-ring (bicyclic) bond motifs is 1. The van der Waals surface area contributed by atoms with Gasteiger partial charge in [-0.2, -0.15) is 0 Å². The van der Waals surface area contributed by atoms with Crippen LogP contribution in [0.3, 0.4) is 0 Å². The average Bonchev–Trinajstić information content (AvgIpc) is 3.48. The van der Waals surface area contributed by atoms with Gasteiger partial charge in [0, 0.05) is 16.9 Å². The Morgan fingerprint density at radius 1 is 0.944 bits per heavy atom. The molecule has 8 heteroatoms. The second-order valence-corrected chi connectivity index (χ2v) is 9.21. The largest absolute Gasteiger partial charge is 0.465 e. The van der Waals surface area contributed by atoms with Gasteiger partial charge in [0.05, 0.1) is 12.7 Å². The van der Waals surface area contributed by atoms with E-state index in [1.165, 1.54) is 18.4 Å². The molecule has 5 rings (SSSR count). The highest BCUT2D eigenvalue weighted by Gasteiger charge is 2.24. The molecule has 3 aromatic carbocycles. The predicted molar refractivity (Wildman–Crippen MR) is 137 cm³/mol. The first-order valence-electron chi connectivity index (χ1n) is 11.2. The van der Waals surface area contributed by atoms with E-state index >= 15 is 0 Å². The van der Waals surface area contributed by atoms with Crippen LogP contribution in [-0.2, 0) is 11.2 Å². The summed E-state index contributed by atoms with van der Waals surface area (Å²) in [6.45, 7) is 2.06. The van der Waals surface area contributed by atoms with E-state index in [0.717, 1.165) is 16.0 Å². The summed E-state index contributed by atoms with van der Waals surface area (Å²) in [6, 6.07) is 22.0. The van der Waals surface area contributed by atoms with E-state index in [0.29, 0.717) is 45.5 Å². The van der Waals surface area contributed by atoms with Crippen LogP contribution in [0.25, 0.3) is 0 Å². The van der Waals surface area contributed by atoms with Gasteiger partial charge >= 0.3 is 5.97 Å². The lowest BCUT2D eigenvalue weighted by molar-refractivity contribution is 0.0601.